The third-order valence-electron chi connectivity index (χ3n) is 4.54. The van der Waals surface area contributed by atoms with Gasteiger partial charge in [-0.1, -0.05) is 42.5 Å². The van der Waals surface area contributed by atoms with Gasteiger partial charge in [0.05, 0.1) is 20.2 Å². The molecule has 2 aromatic carbocycles. The summed E-state index contributed by atoms with van der Waals surface area (Å²) in [6.45, 7) is 5.35. The predicted octanol–water partition coefficient (Wildman–Crippen LogP) is 3.13. The predicted molar refractivity (Wildman–Crippen MR) is 140 cm³/mol. The standard InChI is InChI=1S/C24H34N4O3.HI/c1-3-31-17-7-15-26-24(27-18-21-10-12-22(30-2)13-11-21)28-19-23(29)25-16-14-20-8-5-4-6-9-20;/h4-6,8-13H,3,7,14-19H2,1-2H3,(H,25,29)(H2,26,27,28);1H. The summed E-state index contributed by atoms with van der Waals surface area (Å²) in [6, 6.07) is 17.9. The van der Waals surface area contributed by atoms with Gasteiger partial charge < -0.3 is 25.4 Å². The zero-order valence-corrected chi connectivity index (χ0v) is 21.3. The Morgan fingerprint density at radius 2 is 1.69 bits per heavy atom. The lowest BCUT2D eigenvalue weighted by Gasteiger charge is -2.13. The van der Waals surface area contributed by atoms with Gasteiger partial charge >= 0.3 is 0 Å². The topological polar surface area (TPSA) is 84.0 Å². The summed E-state index contributed by atoms with van der Waals surface area (Å²) < 4.78 is 10.6. The zero-order valence-electron chi connectivity index (χ0n) is 18.9. The van der Waals surface area contributed by atoms with Crippen LogP contribution in [0.25, 0.3) is 0 Å². The minimum Gasteiger partial charge on any atom is -0.497 e. The number of methoxy groups -OCH3 is 1. The molecule has 176 valence electrons. The van der Waals surface area contributed by atoms with Crippen LogP contribution < -0.4 is 20.7 Å². The van der Waals surface area contributed by atoms with Crippen molar-refractivity contribution in [1.29, 1.82) is 0 Å². The van der Waals surface area contributed by atoms with Crippen molar-refractivity contribution in [1.82, 2.24) is 16.0 Å². The number of amides is 1. The van der Waals surface area contributed by atoms with E-state index in [1.165, 1.54) is 5.56 Å². The van der Waals surface area contributed by atoms with Crippen molar-refractivity contribution in [3.63, 3.8) is 0 Å². The molecule has 0 aliphatic carbocycles. The summed E-state index contributed by atoms with van der Waals surface area (Å²) in [5.74, 6) is 1.35. The van der Waals surface area contributed by atoms with Gasteiger partial charge in [-0.05, 0) is 43.0 Å². The molecule has 3 N–H and O–H groups in total. The Morgan fingerprint density at radius 1 is 0.938 bits per heavy atom. The van der Waals surface area contributed by atoms with Crippen LogP contribution in [0.3, 0.4) is 0 Å². The van der Waals surface area contributed by atoms with Crippen LogP contribution in [0.1, 0.15) is 24.5 Å². The molecule has 0 aliphatic heterocycles. The number of carbonyl (C=O) groups is 1. The molecule has 8 heteroatoms. The van der Waals surface area contributed by atoms with Crippen LogP contribution in [0.5, 0.6) is 5.75 Å². The first-order valence-corrected chi connectivity index (χ1v) is 10.7. The van der Waals surface area contributed by atoms with Gasteiger partial charge in [0, 0.05) is 26.3 Å². The molecule has 7 nitrogen and oxygen atoms in total. The summed E-state index contributed by atoms with van der Waals surface area (Å²) in [4.78, 5) is 16.8. The summed E-state index contributed by atoms with van der Waals surface area (Å²) in [7, 11) is 1.65. The van der Waals surface area contributed by atoms with E-state index in [-0.39, 0.29) is 36.4 Å². The number of guanidine groups is 1. The molecule has 0 atom stereocenters. The molecule has 0 saturated carbocycles. The highest BCUT2D eigenvalue weighted by molar-refractivity contribution is 14.0. The molecule has 0 radical (unpaired) electrons. The van der Waals surface area contributed by atoms with Crippen LogP contribution in [-0.4, -0.2) is 51.8 Å². The van der Waals surface area contributed by atoms with Crippen molar-refractivity contribution in [2.24, 2.45) is 4.99 Å². The van der Waals surface area contributed by atoms with E-state index in [0.29, 0.717) is 38.8 Å². The maximum absolute atomic E-state index is 12.2. The van der Waals surface area contributed by atoms with E-state index in [4.69, 9.17) is 9.47 Å². The van der Waals surface area contributed by atoms with Gasteiger partial charge in [-0.2, -0.15) is 0 Å². The smallest absolute Gasteiger partial charge is 0.239 e. The number of hydrogen-bond donors (Lipinski definition) is 3. The number of ether oxygens (including phenoxy) is 2. The minimum absolute atomic E-state index is 0. The fraction of sp³-hybridized carbons (Fsp3) is 0.417. The Bertz CT molecular complexity index is 786. The number of hydrogen-bond acceptors (Lipinski definition) is 4. The van der Waals surface area contributed by atoms with E-state index in [1.807, 2.05) is 49.4 Å². The van der Waals surface area contributed by atoms with Gasteiger partial charge in [-0.3, -0.25) is 4.79 Å². The van der Waals surface area contributed by atoms with Crippen LogP contribution in [0.2, 0.25) is 0 Å². The Hall–Kier alpha value is -2.33. The molecule has 0 saturated heterocycles. The molecule has 2 rings (SSSR count). The van der Waals surface area contributed by atoms with Crippen molar-refractivity contribution in [3.05, 3.63) is 65.7 Å². The van der Waals surface area contributed by atoms with Gasteiger partial charge in [0.15, 0.2) is 5.96 Å². The second-order valence-electron chi connectivity index (χ2n) is 6.93. The van der Waals surface area contributed by atoms with Gasteiger partial charge in [0.2, 0.25) is 5.91 Å². The van der Waals surface area contributed by atoms with E-state index in [2.05, 4.69) is 33.1 Å². The van der Waals surface area contributed by atoms with Gasteiger partial charge in [-0.25, -0.2) is 4.99 Å². The lowest BCUT2D eigenvalue weighted by Crippen LogP contribution is -2.44. The zero-order chi connectivity index (χ0) is 22.2. The molecule has 32 heavy (non-hydrogen) atoms. The van der Waals surface area contributed by atoms with Crippen molar-refractivity contribution in [2.45, 2.75) is 26.3 Å². The highest BCUT2D eigenvalue weighted by Gasteiger charge is 2.04. The normalized spacial score (nSPS) is 10.8. The average Bonchev–Trinajstić information content (AvgIpc) is 2.81. The number of nitrogens with zero attached hydrogens (tertiary/aromatic N) is 1. The van der Waals surface area contributed by atoms with E-state index >= 15 is 0 Å². The summed E-state index contributed by atoms with van der Waals surface area (Å²) in [5, 5.41) is 9.32. The number of aliphatic imine (C=N–C) groups is 1. The van der Waals surface area contributed by atoms with Gasteiger partial charge in [0.25, 0.3) is 0 Å². The quantitative estimate of drug-likeness (QED) is 0.153. The number of benzene rings is 2. The molecule has 0 fully saturated rings. The third kappa shape index (κ3) is 11.9. The first-order chi connectivity index (χ1) is 15.2. The van der Waals surface area contributed by atoms with Crippen LogP contribution in [0.15, 0.2) is 59.6 Å². The van der Waals surface area contributed by atoms with Crippen molar-refractivity contribution in [2.75, 3.05) is 40.0 Å². The molecule has 2 aromatic rings. The molecule has 1 amide bonds. The monoisotopic (exact) mass is 554 g/mol. The summed E-state index contributed by atoms with van der Waals surface area (Å²) in [5.41, 5.74) is 2.26. The van der Waals surface area contributed by atoms with Crippen molar-refractivity contribution < 1.29 is 14.3 Å². The molecule has 0 spiro atoms. The van der Waals surface area contributed by atoms with Crippen LogP contribution in [0, 0.1) is 0 Å². The first kappa shape index (κ1) is 27.7. The molecule has 0 unspecified atom stereocenters. The highest BCUT2D eigenvalue weighted by atomic mass is 127. The molecular weight excluding hydrogens is 519 g/mol. The van der Waals surface area contributed by atoms with E-state index in [0.717, 1.165) is 24.2 Å². The third-order valence-corrected chi connectivity index (χ3v) is 4.54. The van der Waals surface area contributed by atoms with E-state index in [9.17, 15) is 4.79 Å². The lowest BCUT2D eigenvalue weighted by molar-refractivity contribution is -0.119. The largest absolute Gasteiger partial charge is 0.497 e. The van der Waals surface area contributed by atoms with Crippen molar-refractivity contribution in [3.8, 4) is 5.75 Å². The maximum atomic E-state index is 12.2. The fourth-order valence-electron chi connectivity index (χ4n) is 2.82. The van der Waals surface area contributed by atoms with Crippen LogP contribution in [-0.2, 0) is 22.5 Å². The number of carbonyl (C=O) groups excluding carboxylic acids is 1. The second-order valence-corrected chi connectivity index (χ2v) is 6.93. The Morgan fingerprint density at radius 3 is 2.38 bits per heavy atom. The van der Waals surface area contributed by atoms with E-state index < -0.39 is 0 Å². The summed E-state index contributed by atoms with van der Waals surface area (Å²) >= 11 is 0. The number of nitrogens with one attached hydrogen (secondary N) is 3. The van der Waals surface area contributed by atoms with Crippen LogP contribution in [0.4, 0.5) is 0 Å². The van der Waals surface area contributed by atoms with E-state index in [1.54, 1.807) is 7.11 Å². The van der Waals surface area contributed by atoms with Gasteiger partial charge in [0.1, 0.15) is 5.75 Å². The SMILES string of the molecule is CCOCCCNC(=NCc1ccc(OC)cc1)NCC(=O)NCCc1ccccc1.I. The van der Waals surface area contributed by atoms with Crippen molar-refractivity contribution >= 4 is 35.8 Å². The minimum atomic E-state index is -0.0656. The second kappa shape index (κ2) is 17.3. The summed E-state index contributed by atoms with van der Waals surface area (Å²) in [6.07, 6.45) is 1.67. The molecule has 0 aromatic heterocycles. The lowest BCUT2D eigenvalue weighted by atomic mass is 10.1. The first-order valence-electron chi connectivity index (χ1n) is 10.7. The Labute approximate surface area is 208 Å². The Balaban J connectivity index is 0.00000512. The number of rotatable bonds is 13. The van der Waals surface area contributed by atoms with Gasteiger partial charge in [-0.15, -0.1) is 24.0 Å². The molecular formula is C24H35IN4O3. The number of halogens is 1. The highest BCUT2D eigenvalue weighted by Crippen LogP contribution is 2.11. The average molecular weight is 554 g/mol. The molecule has 0 aliphatic rings. The molecule has 0 heterocycles. The van der Waals surface area contributed by atoms with Crippen LogP contribution >= 0.6 is 24.0 Å². The molecule has 0 bridgehead atoms. The Kier molecular flexibility index (Phi) is 14.9. The maximum Gasteiger partial charge on any atom is 0.239 e. The fourth-order valence-corrected chi connectivity index (χ4v) is 2.82.